The van der Waals surface area contributed by atoms with Gasteiger partial charge in [0.25, 0.3) is 0 Å². The van der Waals surface area contributed by atoms with E-state index >= 15 is 0 Å². The smallest absolute Gasteiger partial charge is 2.00 e. The number of hydrogen-bond acceptors (Lipinski definition) is 4. The normalized spacial score (nSPS) is 13.2. The van der Waals surface area contributed by atoms with Crippen LogP contribution < -0.4 is 0 Å². The van der Waals surface area contributed by atoms with E-state index in [1.54, 1.807) is 24.3 Å². The van der Waals surface area contributed by atoms with E-state index in [1.165, 1.54) is 27.7 Å². The van der Waals surface area contributed by atoms with Crippen LogP contribution in [-0.2, 0) is 17.1 Å². The van der Waals surface area contributed by atoms with E-state index in [9.17, 15) is 50.4 Å². The van der Waals surface area contributed by atoms with Crippen molar-refractivity contribution >= 4 is 15.6 Å². The summed E-state index contributed by atoms with van der Waals surface area (Å²) >= 11 is 0. The molecule has 0 aromatic rings. The van der Waals surface area contributed by atoms with Gasteiger partial charge in [0.05, 0.1) is 24.3 Å². The Morgan fingerprint density at radius 1 is 0.407 bits per heavy atom. The third-order valence-electron chi connectivity index (χ3n) is 0. The standard InChI is InChI=1S/4C2H3N.Cu.2F6P/c4*1-2-3;;2*1-7(2,3,4,5)6/h4*1H3;;;/q;;;;+2;2*-1. The van der Waals surface area contributed by atoms with Gasteiger partial charge in [-0.2, -0.15) is 21.0 Å². The molecule has 0 atom stereocenters. The summed E-state index contributed by atoms with van der Waals surface area (Å²) in [6.07, 6.45) is 0. The largest absolute Gasteiger partial charge is 2.00 e. The van der Waals surface area contributed by atoms with E-state index in [1.807, 2.05) is 0 Å². The summed E-state index contributed by atoms with van der Waals surface area (Å²) in [6, 6.07) is 7.00. The molecule has 19 heteroatoms. The number of nitriles is 4. The van der Waals surface area contributed by atoms with Crippen molar-refractivity contribution in [2.75, 3.05) is 0 Å². The van der Waals surface area contributed by atoms with Crippen molar-refractivity contribution in [2.45, 2.75) is 27.7 Å². The van der Waals surface area contributed by atoms with Crippen LogP contribution >= 0.6 is 15.6 Å². The summed E-state index contributed by atoms with van der Waals surface area (Å²) in [6.45, 7) is 5.72. The zero-order valence-corrected chi connectivity index (χ0v) is 16.3. The second-order valence-electron chi connectivity index (χ2n) is 2.81. The monoisotopic (exact) mass is 517 g/mol. The fourth-order valence-corrected chi connectivity index (χ4v) is 0. The minimum atomic E-state index is -10.7. The van der Waals surface area contributed by atoms with E-state index in [2.05, 4.69) is 0 Å². The quantitative estimate of drug-likeness (QED) is 0.182. The molecule has 0 spiro atoms. The van der Waals surface area contributed by atoms with Crippen LogP contribution in [-0.4, -0.2) is 0 Å². The van der Waals surface area contributed by atoms with Crippen LogP contribution in [0, 0.1) is 45.3 Å². The molecule has 0 fully saturated rings. The molecule has 0 saturated heterocycles. The zero-order valence-electron chi connectivity index (χ0n) is 13.5. The summed E-state index contributed by atoms with van der Waals surface area (Å²) < 4.78 is 118. The van der Waals surface area contributed by atoms with E-state index < -0.39 is 15.6 Å². The van der Waals surface area contributed by atoms with Crippen LogP contribution in [0.5, 0.6) is 0 Å². The number of halogens is 12. The van der Waals surface area contributed by atoms with Crippen molar-refractivity contribution in [3.63, 3.8) is 0 Å². The summed E-state index contributed by atoms with van der Waals surface area (Å²) in [7, 11) is -21.3. The maximum Gasteiger partial charge on any atom is 2.00 e. The molecule has 0 aliphatic heterocycles. The molecule has 0 heterocycles. The van der Waals surface area contributed by atoms with Gasteiger partial charge in [-0.3, -0.25) is 0 Å². The molecular weight excluding hydrogens is 506 g/mol. The van der Waals surface area contributed by atoms with Crippen LogP contribution in [0.4, 0.5) is 50.4 Å². The number of nitrogens with zero attached hydrogens (tertiary/aromatic N) is 4. The van der Waals surface area contributed by atoms with Gasteiger partial charge in [0.15, 0.2) is 0 Å². The molecule has 4 nitrogen and oxygen atoms in total. The first-order valence-electron chi connectivity index (χ1n) is 4.92. The second kappa shape index (κ2) is 12.8. The first-order valence-corrected chi connectivity index (χ1v) is 8.98. The molecule has 0 rings (SSSR count). The van der Waals surface area contributed by atoms with Gasteiger partial charge in [-0.25, -0.2) is 0 Å². The van der Waals surface area contributed by atoms with Gasteiger partial charge >= 0.3 is 83.0 Å². The van der Waals surface area contributed by atoms with E-state index in [4.69, 9.17) is 21.0 Å². The Labute approximate surface area is 156 Å². The summed E-state index contributed by atoms with van der Waals surface area (Å²) in [4.78, 5) is 0. The van der Waals surface area contributed by atoms with Crippen molar-refractivity contribution < 1.29 is 67.4 Å². The Bertz CT molecular complexity index is 440. The third-order valence-corrected chi connectivity index (χ3v) is 0. The van der Waals surface area contributed by atoms with E-state index in [0.717, 1.165) is 0 Å². The Morgan fingerprint density at radius 2 is 0.407 bits per heavy atom. The van der Waals surface area contributed by atoms with Gasteiger partial charge in [0.2, 0.25) is 0 Å². The summed E-state index contributed by atoms with van der Waals surface area (Å²) in [5, 5.41) is 29.3. The van der Waals surface area contributed by atoms with Crippen molar-refractivity contribution in [2.24, 2.45) is 0 Å². The Kier molecular flexibility index (Phi) is 21.2. The Hall–Kier alpha value is -1.50. The van der Waals surface area contributed by atoms with Crippen LogP contribution in [0.15, 0.2) is 0 Å². The summed E-state index contributed by atoms with van der Waals surface area (Å²) in [5.74, 6) is 0. The molecule has 0 unspecified atom stereocenters. The van der Waals surface area contributed by atoms with Crippen LogP contribution in [0.25, 0.3) is 0 Å². The van der Waals surface area contributed by atoms with Gasteiger partial charge in [0.1, 0.15) is 0 Å². The molecule has 0 aromatic heterocycles. The molecule has 27 heavy (non-hydrogen) atoms. The average Bonchev–Trinajstić information content (AvgIpc) is 2.10. The first-order chi connectivity index (χ1) is 10.6. The number of rotatable bonds is 0. The molecule has 0 bridgehead atoms. The van der Waals surface area contributed by atoms with E-state index in [0.29, 0.717) is 0 Å². The minimum absolute atomic E-state index is 0. The predicted molar refractivity (Wildman–Crippen MR) is 72.3 cm³/mol. The molecule has 0 saturated carbocycles. The van der Waals surface area contributed by atoms with Gasteiger partial charge in [-0.15, -0.1) is 0 Å². The Balaban J connectivity index is -0.0000000373. The molecular formula is C8H12CuF12N4P2. The summed E-state index contributed by atoms with van der Waals surface area (Å²) in [5.41, 5.74) is 0. The van der Waals surface area contributed by atoms with Crippen LogP contribution in [0.3, 0.4) is 0 Å². The maximum atomic E-state index is 9.87. The van der Waals surface area contributed by atoms with Gasteiger partial charge in [0, 0.05) is 27.7 Å². The van der Waals surface area contributed by atoms with Gasteiger partial charge < -0.3 is 0 Å². The SMILES string of the molecule is CC#N.CC#N.CC#N.CC#N.F[P-](F)(F)(F)(F)F.F[P-](F)(F)(F)(F)F.[Cu+2]. The predicted octanol–water partition coefficient (Wildman–Crippen LogP) is 8.88. The molecule has 1 radical (unpaired) electrons. The fourth-order valence-electron chi connectivity index (χ4n) is 0. The van der Waals surface area contributed by atoms with Crippen LogP contribution in [0.2, 0.25) is 0 Å². The minimum Gasteiger partial charge on any atom is 2.00 e. The molecule has 0 amide bonds. The second-order valence-corrected chi connectivity index (χ2v) is 6.64. The topological polar surface area (TPSA) is 95.2 Å². The van der Waals surface area contributed by atoms with Gasteiger partial charge in [-0.1, -0.05) is 0 Å². The van der Waals surface area contributed by atoms with Crippen LogP contribution in [0.1, 0.15) is 27.7 Å². The fraction of sp³-hybridized carbons (Fsp3) is 0.500. The third kappa shape index (κ3) is 5510. The Morgan fingerprint density at radius 3 is 0.407 bits per heavy atom. The van der Waals surface area contributed by atoms with Crippen molar-refractivity contribution in [1.29, 1.82) is 21.0 Å². The average molecular weight is 518 g/mol. The molecule has 169 valence electrons. The van der Waals surface area contributed by atoms with E-state index in [-0.39, 0.29) is 17.1 Å². The zero-order chi connectivity index (χ0) is 23.6. The van der Waals surface area contributed by atoms with Gasteiger partial charge in [-0.05, 0) is 0 Å². The number of hydrogen-bond donors (Lipinski definition) is 0. The van der Waals surface area contributed by atoms with Crippen molar-refractivity contribution in [3.05, 3.63) is 0 Å². The van der Waals surface area contributed by atoms with Crippen molar-refractivity contribution in [3.8, 4) is 24.3 Å². The molecule has 0 aliphatic carbocycles. The maximum absolute atomic E-state index is 10.7. The first kappa shape index (κ1) is 44.7. The molecule has 0 aromatic carbocycles. The molecule has 0 aliphatic rings. The molecule has 0 N–H and O–H groups in total. The van der Waals surface area contributed by atoms with Crippen molar-refractivity contribution in [1.82, 2.24) is 0 Å².